The van der Waals surface area contributed by atoms with Crippen molar-refractivity contribution in [3.63, 3.8) is 0 Å². The highest BCUT2D eigenvalue weighted by Gasteiger charge is 2.09. The zero-order chi connectivity index (χ0) is 15.0. The van der Waals surface area contributed by atoms with Crippen LogP contribution in [0.3, 0.4) is 0 Å². The summed E-state index contributed by atoms with van der Waals surface area (Å²) in [6.07, 6.45) is 0. The molecule has 3 aromatic rings. The number of hydrogen-bond donors (Lipinski definition) is 0. The van der Waals surface area contributed by atoms with Crippen molar-refractivity contribution in [3.8, 4) is 0 Å². The van der Waals surface area contributed by atoms with E-state index in [4.69, 9.17) is 23.2 Å². The van der Waals surface area contributed by atoms with Crippen LogP contribution in [0.15, 0.2) is 23.4 Å². The van der Waals surface area contributed by atoms with Crippen LogP contribution in [0.2, 0.25) is 10.3 Å². The summed E-state index contributed by atoms with van der Waals surface area (Å²) in [6, 6.07) is 5.53. The molecule has 21 heavy (non-hydrogen) atoms. The van der Waals surface area contributed by atoms with Crippen molar-refractivity contribution in [1.29, 1.82) is 0 Å². The minimum Gasteiger partial charge on any atom is -0.224 e. The van der Waals surface area contributed by atoms with Gasteiger partial charge in [-0.15, -0.1) is 5.10 Å². The molecular formula is C13H11Cl2N5S. The molecule has 108 valence electrons. The number of nitrogens with zero attached hydrogens (tertiary/aromatic N) is 5. The largest absolute Gasteiger partial charge is 0.253 e. The van der Waals surface area contributed by atoms with Crippen molar-refractivity contribution < 1.29 is 0 Å². The number of aromatic nitrogens is 5. The first-order valence-electron chi connectivity index (χ1n) is 6.17. The molecular weight excluding hydrogens is 329 g/mol. The van der Waals surface area contributed by atoms with Gasteiger partial charge in [-0.25, -0.2) is 14.5 Å². The number of pyridine rings is 1. The second kappa shape index (κ2) is 5.79. The third-order valence-electron chi connectivity index (χ3n) is 2.79. The number of fused-ring (bicyclic) bond motifs is 1. The van der Waals surface area contributed by atoms with Crippen LogP contribution in [0.1, 0.15) is 17.0 Å². The molecule has 0 amide bonds. The molecule has 0 aliphatic heterocycles. The average Bonchev–Trinajstić information content (AvgIpc) is 2.78. The number of aryl methyl sites for hydroxylation is 2. The van der Waals surface area contributed by atoms with Crippen molar-refractivity contribution in [2.24, 2.45) is 0 Å². The molecule has 0 fully saturated rings. The first-order chi connectivity index (χ1) is 10.0. The highest BCUT2D eigenvalue weighted by atomic mass is 35.5. The summed E-state index contributed by atoms with van der Waals surface area (Å²) in [5.74, 6) is 1.28. The molecule has 0 N–H and O–H groups in total. The van der Waals surface area contributed by atoms with E-state index in [1.807, 2.05) is 19.9 Å². The van der Waals surface area contributed by atoms with E-state index in [-0.39, 0.29) is 0 Å². The van der Waals surface area contributed by atoms with Gasteiger partial charge in [0.15, 0.2) is 0 Å². The lowest BCUT2D eigenvalue weighted by atomic mass is 10.3. The van der Waals surface area contributed by atoms with Gasteiger partial charge in [0.05, 0.1) is 0 Å². The molecule has 5 nitrogen and oxygen atoms in total. The van der Waals surface area contributed by atoms with E-state index < -0.39 is 0 Å². The van der Waals surface area contributed by atoms with Crippen LogP contribution in [0.5, 0.6) is 0 Å². The Bertz CT molecular complexity index is 797. The van der Waals surface area contributed by atoms with Gasteiger partial charge in [0.1, 0.15) is 10.3 Å². The number of rotatable bonds is 3. The van der Waals surface area contributed by atoms with E-state index in [1.165, 1.54) is 11.8 Å². The molecule has 3 heterocycles. The van der Waals surface area contributed by atoms with E-state index in [9.17, 15) is 0 Å². The van der Waals surface area contributed by atoms with Crippen molar-refractivity contribution in [1.82, 2.24) is 24.6 Å². The molecule has 8 heteroatoms. The molecule has 0 atom stereocenters. The second-order valence-electron chi connectivity index (χ2n) is 4.55. The molecule has 0 saturated heterocycles. The summed E-state index contributed by atoms with van der Waals surface area (Å²) in [5.41, 5.74) is 2.91. The Morgan fingerprint density at radius 3 is 2.48 bits per heavy atom. The van der Waals surface area contributed by atoms with Gasteiger partial charge in [0, 0.05) is 17.1 Å². The van der Waals surface area contributed by atoms with Gasteiger partial charge in [0.25, 0.3) is 5.78 Å². The summed E-state index contributed by atoms with van der Waals surface area (Å²) >= 11 is 13.3. The van der Waals surface area contributed by atoms with Crippen LogP contribution in [0.4, 0.5) is 0 Å². The fraction of sp³-hybridized carbons (Fsp3) is 0.231. The molecule has 0 saturated carbocycles. The van der Waals surface area contributed by atoms with Crippen molar-refractivity contribution >= 4 is 40.7 Å². The van der Waals surface area contributed by atoms with E-state index in [2.05, 4.69) is 20.1 Å². The SMILES string of the molecule is Cc1cc(C)n2nc(SCc3cc(Cl)nc(Cl)c3)nc2n1. The van der Waals surface area contributed by atoms with Gasteiger partial charge >= 0.3 is 0 Å². The first kappa shape index (κ1) is 14.6. The molecule has 0 aliphatic carbocycles. The van der Waals surface area contributed by atoms with Gasteiger partial charge in [-0.05, 0) is 37.6 Å². The van der Waals surface area contributed by atoms with Gasteiger partial charge in [0.2, 0.25) is 5.16 Å². The number of hydrogen-bond acceptors (Lipinski definition) is 5. The summed E-state index contributed by atoms with van der Waals surface area (Å²) in [7, 11) is 0. The fourth-order valence-corrected chi connectivity index (χ4v) is 3.21. The van der Waals surface area contributed by atoms with Crippen LogP contribution >= 0.6 is 35.0 Å². The normalized spacial score (nSPS) is 11.2. The molecule has 0 radical (unpaired) electrons. The number of halogens is 2. The lowest BCUT2D eigenvalue weighted by Gasteiger charge is -2.00. The predicted molar refractivity (Wildman–Crippen MR) is 84.1 cm³/mol. The fourth-order valence-electron chi connectivity index (χ4n) is 1.95. The third-order valence-corrected chi connectivity index (χ3v) is 4.09. The molecule has 0 spiro atoms. The van der Waals surface area contributed by atoms with E-state index in [0.29, 0.717) is 27.0 Å². The standard InChI is InChI=1S/C13H11Cl2N5S/c1-7-3-8(2)20-12(16-7)18-13(19-20)21-6-9-4-10(14)17-11(15)5-9/h3-5H,6H2,1-2H3. The lowest BCUT2D eigenvalue weighted by molar-refractivity contribution is 0.843. The van der Waals surface area contributed by atoms with E-state index >= 15 is 0 Å². The van der Waals surface area contributed by atoms with Crippen molar-refractivity contribution in [3.05, 3.63) is 45.5 Å². The minimum atomic E-state index is 0.384. The van der Waals surface area contributed by atoms with Crippen LogP contribution < -0.4 is 0 Å². The maximum atomic E-state index is 5.88. The molecule has 0 aromatic carbocycles. The maximum absolute atomic E-state index is 5.88. The molecule has 0 bridgehead atoms. The highest BCUT2D eigenvalue weighted by Crippen LogP contribution is 2.23. The quantitative estimate of drug-likeness (QED) is 0.537. The summed E-state index contributed by atoms with van der Waals surface area (Å²) in [6.45, 7) is 3.92. The Balaban J connectivity index is 1.83. The molecule has 3 rings (SSSR count). The van der Waals surface area contributed by atoms with Crippen LogP contribution in [0, 0.1) is 13.8 Å². The zero-order valence-corrected chi connectivity index (χ0v) is 13.7. The van der Waals surface area contributed by atoms with Crippen LogP contribution in [-0.4, -0.2) is 24.6 Å². The second-order valence-corrected chi connectivity index (χ2v) is 6.27. The summed E-state index contributed by atoms with van der Waals surface area (Å²) in [5, 5.41) is 5.87. The van der Waals surface area contributed by atoms with Gasteiger partial charge in [-0.2, -0.15) is 4.98 Å². The Kier molecular flexibility index (Phi) is 4.01. The topological polar surface area (TPSA) is 56.0 Å². The van der Waals surface area contributed by atoms with Gasteiger partial charge < -0.3 is 0 Å². The Morgan fingerprint density at radius 1 is 1.05 bits per heavy atom. The van der Waals surface area contributed by atoms with Crippen molar-refractivity contribution in [2.45, 2.75) is 24.8 Å². The average molecular weight is 340 g/mol. The maximum Gasteiger partial charge on any atom is 0.253 e. The van der Waals surface area contributed by atoms with Crippen LogP contribution in [-0.2, 0) is 5.75 Å². The Labute approximate surface area is 135 Å². The smallest absolute Gasteiger partial charge is 0.224 e. The monoisotopic (exact) mass is 339 g/mol. The molecule has 3 aromatic heterocycles. The summed E-state index contributed by atoms with van der Waals surface area (Å²) in [4.78, 5) is 12.7. The predicted octanol–water partition coefficient (Wildman–Crippen LogP) is 3.74. The van der Waals surface area contributed by atoms with Crippen LogP contribution in [0.25, 0.3) is 5.78 Å². The van der Waals surface area contributed by atoms with Gasteiger partial charge in [-0.3, -0.25) is 0 Å². The zero-order valence-electron chi connectivity index (χ0n) is 11.3. The molecule has 0 aliphatic rings. The third kappa shape index (κ3) is 3.28. The number of thioether (sulfide) groups is 1. The Morgan fingerprint density at radius 2 is 1.76 bits per heavy atom. The summed E-state index contributed by atoms with van der Waals surface area (Å²) < 4.78 is 1.74. The van der Waals surface area contributed by atoms with E-state index in [0.717, 1.165) is 17.0 Å². The van der Waals surface area contributed by atoms with E-state index in [1.54, 1.807) is 16.6 Å². The minimum absolute atomic E-state index is 0.384. The van der Waals surface area contributed by atoms with Crippen molar-refractivity contribution in [2.75, 3.05) is 0 Å². The lowest BCUT2D eigenvalue weighted by Crippen LogP contribution is -1.97. The van der Waals surface area contributed by atoms with Gasteiger partial charge in [-0.1, -0.05) is 35.0 Å². The highest BCUT2D eigenvalue weighted by molar-refractivity contribution is 7.98. The first-order valence-corrected chi connectivity index (χ1v) is 7.91. The molecule has 0 unspecified atom stereocenters. The Hall–Kier alpha value is -1.37.